The van der Waals surface area contributed by atoms with Crippen molar-refractivity contribution in [2.45, 2.75) is 6.61 Å². The Morgan fingerprint density at radius 3 is 2.50 bits per heavy atom. The number of anilines is 1. The molecule has 4 nitrogen and oxygen atoms in total. The fraction of sp³-hybridized carbons (Fsp3) is 0.222. The lowest BCUT2D eigenvalue weighted by Gasteiger charge is -2.10. The molecule has 0 aliphatic heterocycles. The van der Waals surface area contributed by atoms with E-state index in [1.165, 1.54) is 7.05 Å². The maximum absolute atomic E-state index is 10.3. The molecule has 0 aliphatic carbocycles. The van der Waals surface area contributed by atoms with Crippen molar-refractivity contribution >= 4 is 22.7 Å². The van der Waals surface area contributed by atoms with E-state index in [0.717, 1.165) is 10.6 Å². The number of nitrogens with zero attached hydrogens (tertiary/aromatic N) is 1. The average Bonchev–Trinajstić information content (AvgIpc) is 2.15. The summed E-state index contributed by atoms with van der Waals surface area (Å²) in [6, 6.07) is 6.89. The van der Waals surface area contributed by atoms with Crippen LogP contribution in [0.3, 0.4) is 0 Å². The van der Waals surface area contributed by atoms with Crippen LogP contribution in [-0.2, 0) is 11.3 Å². The number of carbonyl (C=O) groups is 1. The topological polar surface area (TPSA) is 49.8 Å². The Morgan fingerprint density at radius 1 is 1.50 bits per heavy atom. The van der Waals surface area contributed by atoms with Gasteiger partial charge in [0.1, 0.15) is 6.61 Å². The molecule has 0 heterocycles. The second-order valence-electron chi connectivity index (χ2n) is 2.72. The largest absolute Gasteiger partial charge is 0.449 e. The maximum atomic E-state index is 10.3. The van der Waals surface area contributed by atoms with Crippen LogP contribution < -0.4 is 5.06 Å². The van der Waals surface area contributed by atoms with Gasteiger partial charge in [-0.3, -0.25) is 10.3 Å². The molecule has 76 valence electrons. The number of ether oxygens (including phenoxy) is 1. The number of hydrogen-bond donors (Lipinski definition) is 1. The minimum Gasteiger partial charge on any atom is -0.449 e. The van der Waals surface area contributed by atoms with Gasteiger partial charge < -0.3 is 4.74 Å². The number of hydroxylamine groups is 1. The maximum Gasteiger partial charge on any atom is 0.404 e. The fourth-order valence-corrected chi connectivity index (χ4v) is 1.00. The van der Waals surface area contributed by atoms with Gasteiger partial charge in [-0.2, -0.15) is 0 Å². The lowest BCUT2D eigenvalue weighted by Crippen LogP contribution is -2.09. The highest BCUT2D eigenvalue weighted by molar-refractivity contribution is 6.61. The van der Waals surface area contributed by atoms with Gasteiger partial charge in [-0.1, -0.05) is 12.1 Å². The second kappa shape index (κ2) is 4.83. The Balaban J connectivity index is 2.59. The Labute approximate surface area is 86.6 Å². The third-order valence-electron chi connectivity index (χ3n) is 1.66. The zero-order valence-corrected chi connectivity index (χ0v) is 8.36. The number of rotatable bonds is 3. The highest BCUT2D eigenvalue weighted by atomic mass is 35.5. The highest BCUT2D eigenvalue weighted by Crippen LogP contribution is 2.12. The first-order valence-corrected chi connectivity index (χ1v) is 4.31. The minimum absolute atomic E-state index is 0.137. The standard InChI is InChI=1S/C9H10ClNO3/c1-11(13)8-4-2-7(3-5-8)6-14-9(10)12/h2-5,13H,6H2,1H3. The van der Waals surface area contributed by atoms with Gasteiger partial charge >= 0.3 is 5.43 Å². The van der Waals surface area contributed by atoms with E-state index in [0.29, 0.717) is 5.69 Å². The third-order valence-corrected chi connectivity index (χ3v) is 1.77. The van der Waals surface area contributed by atoms with E-state index < -0.39 is 5.43 Å². The van der Waals surface area contributed by atoms with Crippen molar-refractivity contribution in [3.63, 3.8) is 0 Å². The Morgan fingerprint density at radius 2 is 2.07 bits per heavy atom. The smallest absolute Gasteiger partial charge is 0.404 e. The number of halogens is 1. The first kappa shape index (κ1) is 10.8. The van der Waals surface area contributed by atoms with Crippen LogP contribution in [0, 0.1) is 0 Å². The van der Waals surface area contributed by atoms with Crippen LogP contribution in [0.25, 0.3) is 0 Å². The van der Waals surface area contributed by atoms with Gasteiger partial charge in [-0.25, -0.2) is 4.79 Å². The molecule has 1 aromatic carbocycles. The van der Waals surface area contributed by atoms with Crippen LogP contribution in [0.1, 0.15) is 5.56 Å². The molecule has 0 aliphatic rings. The normalized spacial score (nSPS) is 9.64. The molecule has 1 rings (SSSR count). The van der Waals surface area contributed by atoms with Gasteiger partial charge in [0.05, 0.1) is 5.69 Å². The van der Waals surface area contributed by atoms with Gasteiger partial charge in [0.25, 0.3) is 0 Å². The van der Waals surface area contributed by atoms with E-state index in [1.54, 1.807) is 24.3 Å². The molecular formula is C9H10ClNO3. The third kappa shape index (κ3) is 3.24. The van der Waals surface area contributed by atoms with Gasteiger partial charge in [0.15, 0.2) is 0 Å². The Bertz CT molecular complexity index is 310. The zero-order valence-electron chi connectivity index (χ0n) is 7.61. The van der Waals surface area contributed by atoms with E-state index in [2.05, 4.69) is 4.74 Å². The van der Waals surface area contributed by atoms with Crippen molar-refractivity contribution < 1.29 is 14.7 Å². The van der Waals surface area contributed by atoms with E-state index in [9.17, 15) is 4.79 Å². The van der Waals surface area contributed by atoms with Crippen LogP contribution in [-0.4, -0.2) is 17.7 Å². The van der Waals surface area contributed by atoms with Crippen LogP contribution in [0.5, 0.6) is 0 Å². The summed E-state index contributed by atoms with van der Waals surface area (Å²) in [5.74, 6) is 0. The summed E-state index contributed by atoms with van der Waals surface area (Å²) in [6.07, 6.45) is 0. The van der Waals surface area contributed by atoms with Crippen LogP contribution in [0.2, 0.25) is 0 Å². The predicted molar refractivity (Wildman–Crippen MR) is 52.7 cm³/mol. The van der Waals surface area contributed by atoms with Crippen molar-refractivity contribution in [1.29, 1.82) is 0 Å². The quantitative estimate of drug-likeness (QED) is 0.621. The number of benzene rings is 1. The molecule has 0 bridgehead atoms. The minimum atomic E-state index is -0.826. The van der Waals surface area contributed by atoms with Gasteiger partial charge in [0.2, 0.25) is 0 Å². The molecule has 1 aromatic rings. The summed E-state index contributed by atoms with van der Waals surface area (Å²) in [5.41, 5.74) is 0.643. The molecule has 0 radical (unpaired) electrons. The average molecular weight is 216 g/mol. The molecule has 0 amide bonds. The van der Waals surface area contributed by atoms with E-state index in [4.69, 9.17) is 16.8 Å². The van der Waals surface area contributed by atoms with E-state index >= 15 is 0 Å². The Kier molecular flexibility index (Phi) is 3.73. The summed E-state index contributed by atoms with van der Waals surface area (Å²) in [7, 11) is 1.52. The van der Waals surface area contributed by atoms with Crippen LogP contribution >= 0.6 is 11.6 Å². The second-order valence-corrected chi connectivity index (χ2v) is 3.02. The van der Waals surface area contributed by atoms with Gasteiger partial charge in [0, 0.05) is 18.6 Å². The van der Waals surface area contributed by atoms with Crippen molar-refractivity contribution in [2.24, 2.45) is 0 Å². The molecule has 0 saturated carbocycles. The summed E-state index contributed by atoms with van der Waals surface area (Å²) >= 11 is 5.00. The molecule has 5 heteroatoms. The fourth-order valence-electron chi connectivity index (χ4n) is 0.948. The molecule has 0 spiro atoms. The first-order valence-electron chi connectivity index (χ1n) is 3.93. The highest BCUT2D eigenvalue weighted by Gasteiger charge is 1.99. The van der Waals surface area contributed by atoms with E-state index in [1.807, 2.05) is 0 Å². The van der Waals surface area contributed by atoms with Crippen LogP contribution in [0.15, 0.2) is 24.3 Å². The summed E-state index contributed by atoms with van der Waals surface area (Å²) in [6.45, 7) is 0.137. The number of hydrogen-bond acceptors (Lipinski definition) is 4. The summed E-state index contributed by atoms with van der Waals surface area (Å²) in [4.78, 5) is 10.3. The molecule has 0 aromatic heterocycles. The zero-order chi connectivity index (χ0) is 10.6. The molecular weight excluding hydrogens is 206 g/mol. The summed E-state index contributed by atoms with van der Waals surface area (Å²) < 4.78 is 4.58. The molecule has 14 heavy (non-hydrogen) atoms. The number of carbonyl (C=O) groups excluding carboxylic acids is 1. The van der Waals surface area contributed by atoms with Crippen molar-refractivity contribution in [3.8, 4) is 0 Å². The lowest BCUT2D eigenvalue weighted by molar-refractivity contribution is 0.167. The molecule has 0 saturated heterocycles. The van der Waals surface area contributed by atoms with Crippen molar-refractivity contribution in [1.82, 2.24) is 0 Å². The van der Waals surface area contributed by atoms with E-state index in [-0.39, 0.29) is 6.61 Å². The molecule has 0 atom stereocenters. The van der Waals surface area contributed by atoms with Crippen LogP contribution in [0.4, 0.5) is 10.5 Å². The lowest BCUT2D eigenvalue weighted by atomic mass is 10.2. The van der Waals surface area contributed by atoms with Gasteiger partial charge in [-0.15, -0.1) is 0 Å². The molecule has 0 fully saturated rings. The van der Waals surface area contributed by atoms with Crippen molar-refractivity contribution in [3.05, 3.63) is 29.8 Å². The van der Waals surface area contributed by atoms with Gasteiger partial charge in [-0.05, 0) is 17.7 Å². The predicted octanol–water partition coefficient (Wildman–Crippen LogP) is 2.39. The van der Waals surface area contributed by atoms with Crippen molar-refractivity contribution in [2.75, 3.05) is 12.1 Å². The summed E-state index contributed by atoms with van der Waals surface area (Å²) in [5, 5.41) is 10.1. The molecule has 1 N–H and O–H groups in total. The Hall–Kier alpha value is -1.26. The SMILES string of the molecule is CN(O)c1ccc(COC(=O)Cl)cc1. The first-order chi connectivity index (χ1) is 6.59. The monoisotopic (exact) mass is 215 g/mol. The molecule has 0 unspecified atom stereocenters.